The monoisotopic (exact) mass is 290 g/mol. The Morgan fingerprint density at radius 2 is 1.68 bits per heavy atom. The maximum atomic E-state index is 12.3. The third-order valence-electron chi connectivity index (χ3n) is 2.52. The molecule has 0 aliphatic carbocycles. The van der Waals surface area contributed by atoms with Gasteiger partial charge in [0.15, 0.2) is 0 Å². The summed E-state index contributed by atoms with van der Waals surface area (Å²) in [4.78, 5) is 11.1. The first-order chi connectivity index (χ1) is 8.73. The molecule has 0 spiro atoms. The molecule has 6 heteroatoms. The first-order valence-electron chi connectivity index (χ1n) is 5.86. The number of carbonyl (C=O) groups excluding carboxylic acids is 1. The highest BCUT2D eigenvalue weighted by atomic mass is 32.2. The molecule has 0 saturated carbocycles. The summed E-state index contributed by atoms with van der Waals surface area (Å²) in [6.07, 6.45) is 0.629. The second kappa shape index (κ2) is 6.23. The van der Waals surface area contributed by atoms with E-state index in [1.54, 1.807) is 0 Å². The smallest absolute Gasteiger partial charge is 0.299 e. The summed E-state index contributed by atoms with van der Waals surface area (Å²) < 4.78 is 47.0. The molecule has 0 bridgehead atoms. The average molecular weight is 290 g/mol. The molecule has 0 aliphatic heterocycles. The highest BCUT2D eigenvalue weighted by molar-refractivity contribution is 7.91. The molecule has 0 unspecified atom stereocenters. The number of Topliss-reactive ketones (excluding diaryl/α,β-unsaturated/α-hetero) is 1. The maximum absolute atomic E-state index is 12.3. The number of sulfone groups is 1. The lowest BCUT2D eigenvalue weighted by molar-refractivity contribution is -0.119. The Balaban J connectivity index is 2.81. The lowest BCUT2D eigenvalue weighted by atomic mass is 10.0. The van der Waals surface area contributed by atoms with Crippen LogP contribution in [0.25, 0.3) is 0 Å². The molecule has 0 aromatic heterocycles. The number of halogens is 2. The van der Waals surface area contributed by atoms with Crippen LogP contribution in [0.5, 0.6) is 0 Å². The largest absolute Gasteiger partial charge is 0.341 e. The summed E-state index contributed by atoms with van der Waals surface area (Å²) in [5.74, 6) is -3.13. The number of alkyl halides is 2. The van der Waals surface area contributed by atoms with Gasteiger partial charge in [-0.3, -0.25) is 4.79 Å². The average Bonchev–Trinajstić information content (AvgIpc) is 2.28. The van der Waals surface area contributed by atoms with E-state index in [1.807, 2.05) is 13.8 Å². The van der Waals surface area contributed by atoms with Crippen molar-refractivity contribution in [2.24, 2.45) is 5.92 Å². The summed E-state index contributed by atoms with van der Waals surface area (Å²) in [7, 11) is -4.56. The van der Waals surface area contributed by atoms with E-state index in [-0.39, 0.29) is 18.1 Å². The lowest BCUT2D eigenvalue weighted by Gasteiger charge is -2.06. The zero-order valence-electron chi connectivity index (χ0n) is 10.8. The van der Waals surface area contributed by atoms with Crippen LogP contribution in [0.2, 0.25) is 0 Å². The van der Waals surface area contributed by atoms with Crippen LogP contribution in [0.1, 0.15) is 25.8 Å². The van der Waals surface area contributed by atoms with E-state index in [2.05, 4.69) is 0 Å². The first kappa shape index (κ1) is 15.8. The molecular formula is C13H16F2O3S. The first-order valence-corrected chi connectivity index (χ1v) is 7.41. The fourth-order valence-electron chi connectivity index (χ4n) is 1.66. The van der Waals surface area contributed by atoms with Crippen molar-refractivity contribution in [3.05, 3.63) is 29.8 Å². The molecular weight excluding hydrogens is 274 g/mol. The van der Waals surface area contributed by atoms with E-state index in [4.69, 9.17) is 0 Å². The SMILES string of the molecule is CC(C)CC(=O)Cc1ccc(S(=O)(=O)C(F)F)cc1. The Bertz CT molecular complexity index is 534. The summed E-state index contributed by atoms with van der Waals surface area (Å²) in [6.45, 7) is 3.85. The molecule has 1 rings (SSSR count). The number of rotatable bonds is 6. The second-order valence-corrected chi connectivity index (χ2v) is 6.68. The Hall–Kier alpha value is -1.30. The van der Waals surface area contributed by atoms with Crippen molar-refractivity contribution in [3.8, 4) is 0 Å². The molecule has 19 heavy (non-hydrogen) atoms. The molecule has 0 atom stereocenters. The van der Waals surface area contributed by atoms with E-state index in [1.165, 1.54) is 12.1 Å². The van der Waals surface area contributed by atoms with Crippen LogP contribution in [0.4, 0.5) is 8.78 Å². The van der Waals surface area contributed by atoms with Crippen molar-refractivity contribution in [1.82, 2.24) is 0 Å². The predicted molar refractivity (Wildman–Crippen MR) is 67.8 cm³/mol. The van der Waals surface area contributed by atoms with Gasteiger partial charge in [-0.1, -0.05) is 26.0 Å². The molecule has 0 fully saturated rings. The van der Waals surface area contributed by atoms with Crippen molar-refractivity contribution in [2.45, 2.75) is 37.3 Å². The van der Waals surface area contributed by atoms with Gasteiger partial charge in [-0.25, -0.2) is 8.42 Å². The van der Waals surface area contributed by atoms with Crippen molar-refractivity contribution < 1.29 is 22.0 Å². The molecule has 0 saturated heterocycles. The fraction of sp³-hybridized carbons (Fsp3) is 0.462. The van der Waals surface area contributed by atoms with Crippen LogP contribution >= 0.6 is 0 Å². The highest BCUT2D eigenvalue weighted by Gasteiger charge is 2.26. The van der Waals surface area contributed by atoms with Crippen LogP contribution in [0, 0.1) is 5.92 Å². The molecule has 0 amide bonds. The maximum Gasteiger partial charge on any atom is 0.341 e. The minimum Gasteiger partial charge on any atom is -0.299 e. The number of carbonyl (C=O) groups is 1. The number of hydrogen-bond donors (Lipinski definition) is 0. The van der Waals surface area contributed by atoms with Crippen LogP contribution in [0.3, 0.4) is 0 Å². The Kier molecular flexibility index (Phi) is 5.17. The molecule has 106 valence electrons. The van der Waals surface area contributed by atoms with E-state index < -0.39 is 20.5 Å². The van der Waals surface area contributed by atoms with E-state index in [9.17, 15) is 22.0 Å². The van der Waals surface area contributed by atoms with Gasteiger partial charge in [0.25, 0.3) is 0 Å². The second-order valence-electron chi connectivity index (χ2n) is 4.76. The minimum atomic E-state index is -4.56. The van der Waals surface area contributed by atoms with Gasteiger partial charge in [-0.05, 0) is 23.6 Å². The van der Waals surface area contributed by atoms with Crippen LogP contribution in [-0.4, -0.2) is 20.0 Å². The number of benzene rings is 1. The van der Waals surface area contributed by atoms with E-state index >= 15 is 0 Å². The zero-order chi connectivity index (χ0) is 14.6. The van der Waals surface area contributed by atoms with Gasteiger partial charge < -0.3 is 0 Å². The van der Waals surface area contributed by atoms with E-state index in [0.29, 0.717) is 12.0 Å². The van der Waals surface area contributed by atoms with Gasteiger partial charge >= 0.3 is 5.76 Å². The molecule has 1 aromatic rings. The van der Waals surface area contributed by atoms with Crippen LogP contribution in [-0.2, 0) is 21.1 Å². The molecule has 0 radical (unpaired) electrons. The van der Waals surface area contributed by atoms with Gasteiger partial charge in [0.1, 0.15) is 5.78 Å². The Morgan fingerprint density at radius 3 is 2.11 bits per heavy atom. The highest BCUT2D eigenvalue weighted by Crippen LogP contribution is 2.19. The topological polar surface area (TPSA) is 51.2 Å². The lowest BCUT2D eigenvalue weighted by Crippen LogP contribution is -2.11. The van der Waals surface area contributed by atoms with E-state index in [0.717, 1.165) is 12.1 Å². The van der Waals surface area contributed by atoms with Gasteiger partial charge in [0.05, 0.1) is 4.90 Å². The quantitative estimate of drug-likeness (QED) is 0.809. The Labute approximate surface area is 111 Å². The summed E-state index contributed by atoms with van der Waals surface area (Å²) in [6, 6.07) is 5.01. The van der Waals surface area contributed by atoms with Crippen LogP contribution in [0.15, 0.2) is 29.2 Å². The number of hydrogen-bond acceptors (Lipinski definition) is 3. The van der Waals surface area contributed by atoms with Crippen molar-refractivity contribution in [3.63, 3.8) is 0 Å². The normalized spacial score (nSPS) is 12.1. The van der Waals surface area contributed by atoms with Gasteiger partial charge in [-0.2, -0.15) is 8.78 Å². The zero-order valence-corrected chi connectivity index (χ0v) is 11.6. The van der Waals surface area contributed by atoms with Gasteiger partial charge in [0.2, 0.25) is 9.84 Å². The summed E-state index contributed by atoms with van der Waals surface area (Å²) in [5.41, 5.74) is 0.624. The third-order valence-corrected chi connectivity index (χ3v) is 3.92. The number of ketones is 1. The molecule has 0 heterocycles. The van der Waals surface area contributed by atoms with Crippen molar-refractivity contribution >= 4 is 15.6 Å². The predicted octanol–water partition coefficient (Wildman–Crippen LogP) is 2.84. The molecule has 3 nitrogen and oxygen atoms in total. The minimum absolute atomic E-state index is 0.0412. The van der Waals surface area contributed by atoms with Gasteiger partial charge in [0, 0.05) is 12.8 Å². The Morgan fingerprint density at radius 1 is 1.16 bits per heavy atom. The fourth-order valence-corrected chi connectivity index (χ4v) is 2.38. The standard InChI is InChI=1S/C13H16F2O3S/c1-9(2)7-11(16)8-10-3-5-12(6-4-10)19(17,18)13(14)15/h3-6,9,13H,7-8H2,1-2H3. The summed E-state index contributed by atoms with van der Waals surface area (Å²) >= 11 is 0. The van der Waals surface area contributed by atoms with Crippen molar-refractivity contribution in [1.29, 1.82) is 0 Å². The third kappa shape index (κ3) is 4.38. The van der Waals surface area contributed by atoms with Gasteiger partial charge in [-0.15, -0.1) is 0 Å². The van der Waals surface area contributed by atoms with Crippen molar-refractivity contribution in [2.75, 3.05) is 0 Å². The molecule has 0 N–H and O–H groups in total. The summed E-state index contributed by atoms with van der Waals surface area (Å²) in [5, 5.41) is 0. The van der Waals surface area contributed by atoms with Crippen LogP contribution < -0.4 is 0 Å². The molecule has 1 aromatic carbocycles. The molecule has 0 aliphatic rings.